The zero-order chi connectivity index (χ0) is 12.8. The van der Waals surface area contributed by atoms with Gasteiger partial charge in [-0.25, -0.2) is 9.97 Å². The number of hydrogen-bond acceptors (Lipinski definition) is 5. The van der Waals surface area contributed by atoms with E-state index in [-0.39, 0.29) is 5.78 Å². The molecule has 1 aliphatic heterocycles. The van der Waals surface area contributed by atoms with Gasteiger partial charge in [-0.15, -0.1) is 0 Å². The van der Waals surface area contributed by atoms with Crippen LogP contribution in [0, 0.1) is 0 Å². The molecule has 5 nitrogen and oxygen atoms in total. The van der Waals surface area contributed by atoms with E-state index in [0.717, 1.165) is 54.0 Å². The Balaban J connectivity index is 1.65. The Morgan fingerprint density at radius 3 is 3.11 bits per heavy atom. The van der Waals surface area contributed by atoms with Crippen LogP contribution < -0.4 is 4.90 Å². The zero-order valence-corrected chi connectivity index (χ0v) is 11.3. The van der Waals surface area contributed by atoms with Gasteiger partial charge in [-0.05, 0) is 12.8 Å². The van der Waals surface area contributed by atoms with Crippen molar-refractivity contribution in [2.45, 2.75) is 32.4 Å². The van der Waals surface area contributed by atoms with Gasteiger partial charge in [-0.1, -0.05) is 11.3 Å². The third kappa shape index (κ3) is 1.78. The molecule has 0 saturated carbocycles. The first-order valence-electron chi connectivity index (χ1n) is 6.59. The lowest BCUT2D eigenvalue weighted by Gasteiger charge is -2.27. The van der Waals surface area contributed by atoms with Crippen LogP contribution in [0.2, 0.25) is 0 Å². The molecule has 0 amide bonds. The minimum atomic E-state index is 0.267. The zero-order valence-electron chi connectivity index (χ0n) is 10.5. The number of imidazole rings is 1. The minimum absolute atomic E-state index is 0.267. The number of carbonyl (C=O) groups is 1. The highest BCUT2D eigenvalue weighted by Crippen LogP contribution is 2.33. The summed E-state index contributed by atoms with van der Waals surface area (Å²) in [6.07, 6.45) is 6.43. The van der Waals surface area contributed by atoms with Gasteiger partial charge in [-0.3, -0.25) is 4.79 Å². The first-order chi connectivity index (χ1) is 9.31. The highest BCUT2D eigenvalue weighted by atomic mass is 32.1. The summed E-state index contributed by atoms with van der Waals surface area (Å²) in [6.45, 7) is 2.66. The van der Waals surface area contributed by atoms with Crippen molar-refractivity contribution in [2.75, 3.05) is 11.4 Å². The lowest BCUT2D eigenvalue weighted by molar-refractivity contribution is 0.0976. The van der Waals surface area contributed by atoms with Crippen LogP contribution in [0.3, 0.4) is 0 Å². The molecule has 0 radical (unpaired) electrons. The summed E-state index contributed by atoms with van der Waals surface area (Å²) in [5, 5.41) is 0.981. The number of anilines is 1. The van der Waals surface area contributed by atoms with Crippen molar-refractivity contribution in [3.63, 3.8) is 0 Å². The fourth-order valence-corrected chi connectivity index (χ4v) is 3.83. The largest absolute Gasteiger partial charge is 0.339 e. The van der Waals surface area contributed by atoms with Crippen LogP contribution in [0.4, 0.5) is 5.13 Å². The molecule has 0 N–H and O–H groups in total. The summed E-state index contributed by atoms with van der Waals surface area (Å²) < 4.78 is 2.18. The number of hydrogen-bond donors (Lipinski definition) is 0. The smallest absolute Gasteiger partial charge is 0.186 e. The van der Waals surface area contributed by atoms with Crippen LogP contribution in [0.15, 0.2) is 12.4 Å². The Labute approximate surface area is 114 Å². The van der Waals surface area contributed by atoms with Crippen molar-refractivity contribution < 1.29 is 4.79 Å². The van der Waals surface area contributed by atoms with Gasteiger partial charge in [0.15, 0.2) is 10.9 Å². The molecule has 0 bridgehead atoms. The Morgan fingerprint density at radius 2 is 2.21 bits per heavy atom. The molecule has 1 aliphatic carbocycles. The number of thiazole rings is 1. The number of aromatic nitrogens is 3. The Morgan fingerprint density at radius 1 is 1.26 bits per heavy atom. The number of ketones is 1. The number of aryl methyl sites for hydroxylation is 1. The normalized spacial score (nSPS) is 18.3. The van der Waals surface area contributed by atoms with Crippen molar-refractivity contribution in [1.82, 2.24) is 14.5 Å². The van der Waals surface area contributed by atoms with Crippen molar-refractivity contribution in [2.24, 2.45) is 0 Å². The second kappa shape index (κ2) is 4.16. The lowest BCUT2D eigenvalue weighted by Crippen LogP contribution is -2.33. The number of nitrogens with zero attached hydrogens (tertiary/aromatic N) is 4. The van der Waals surface area contributed by atoms with Crippen molar-refractivity contribution in [3.05, 3.63) is 28.8 Å². The van der Waals surface area contributed by atoms with Gasteiger partial charge in [0.05, 0.1) is 17.1 Å². The maximum Gasteiger partial charge on any atom is 0.186 e. The van der Waals surface area contributed by atoms with Gasteiger partial charge in [0, 0.05) is 31.9 Å². The van der Waals surface area contributed by atoms with E-state index >= 15 is 0 Å². The Hall–Kier alpha value is -1.69. The molecule has 98 valence electrons. The maximum absolute atomic E-state index is 11.9. The molecule has 19 heavy (non-hydrogen) atoms. The molecule has 6 heteroatoms. The van der Waals surface area contributed by atoms with E-state index in [4.69, 9.17) is 0 Å². The fourth-order valence-electron chi connectivity index (χ4n) is 2.73. The third-order valence-electron chi connectivity index (χ3n) is 3.77. The molecular weight excluding hydrogens is 260 g/mol. The highest BCUT2D eigenvalue weighted by molar-refractivity contribution is 7.17. The van der Waals surface area contributed by atoms with E-state index in [9.17, 15) is 4.79 Å². The van der Waals surface area contributed by atoms with Crippen molar-refractivity contribution >= 4 is 22.3 Å². The van der Waals surface area contributed by atoms with Crippen molar-refractivity contribution in [1.29, 1.82) is 0 Å². The Bertz CT molecular complexity index is 645. The quantitative estimate of drug-likeness (QED) is 0.796. The van der Waals surface area contributed by atoms with Crippen LogP contribution in [0.1, 0.15) is 34.0 Å². The van der Waals surface area contributed by atoms with Crippen LogP contribution in [0.5, 0.6) is 0 Å². The first kappa shape index (κ1) is 11.2. The molecule has 0 unspecified atom stereocenters. The van der Waals surface area contributed by atoms with E-state index in [1.54, 1.807) is 11.3 Å². The fraction of sp³-hybridized carbons (Fsp3) is 0.462. The predicted molar refractivity (Wildman–Crippen MR) is 72.7 cm³/mol. The van der Waals surface area contributed by atoms with Gasteiger partial charge < -0.3 is 9.47 Å². The van der Waals surface area contributed by atoms with Gasteiger partial charge in [0.25, 0.3) is 0 Å². The van der Waals surface area contributed by atoms with Crippen LogP contribution in [0.25, 0.3) is 0 Å². The molecule has 0 atom stereocenters. The molecule has 0 fully saturated rings. The summed E-state index contributed by atoms with van der Waals surface area (Å²) in [4.78, 5) is 24.0. The molecule has 2 aromatic heterocycles. The topological polar surface area (TPSA) is 51.0 Å². The molecule has 2 aliphatic rings. The molecule has 3 heterocycles. The summed E-state index contributed by atoms with van der Waals surface area (Å²) in [7, 11) is 0. The standard InChI is InChI=1S/C13H14N4OS/c18-10-3-1-2-9-12(10)19-13(15-9)17-7-6-16-5-4-14-11(16)8-17/h4-5H,1-3,6-8H2. The molecular formula is C13H14N4OS. The van der Waals surface area contributed by atoms with Gasteiger partial charge in [0.2, 0.25) is 0 Å². The number of fused-ring (bicyclic) bond motifs is 2. The van der Waals surface area contributed by atoms with E-state index in [0.29, 0.717) is 6.42 Å². The summed E-state index contributed by atoms with van der Waals surface area (Å²) in [5.41, 5.74) is 1.00. The highest BCUT2D eigenvalue weighted by Gasteiger charge is 2.26. The SMILES string of the molecule is O=C1CCCc2nc(N3CCn4ccnc4C3)sc21. The molecule has 0 aromatic carbocycles. The monoisotopic (exact) mass is 274 g/mol. The average molecular weight is 274 g/mol. The van der Waals surface area contributed by atoms with Gasteiger partial charge in [-0.2, -0.15) is 0 Å². The summed E-state index contributed by atoms with van der Waals surface area (Å²) in [6, 6.07) is 0. The van der Waals surface area contributed by atoms with E-state index < -0.39 is 0 Å². The van der Waals surface area contributed by atoms with Crippen molar-refractivity contribution in [3.8, 4) is 0 Å². The number of carbonyl (C=O) groups excluding carboxylic acids is 1. The maximum atomic E-state index is 11.9. The predicted octanol–water partition coefficient (Wildman–Crippen LogP) is 1.88. The molecule has 0 spiro atoms. The molecule has 0 saturated heterocycles. The van der Waals surface area contributed by atoms with Crippen LogP contribution >= 0.6 is 11.3 Å². The summed E-state index contributed by atoms with van der Waals surface area (Å²) in [5.74, 6) is 1.34. The molecule has 4 rings (SSSR count). The van der Waals surface area contributed by atoms with Crippen LogP contribution in [-0.4, -0.2) is 26.9 Å². The number of Topliss-reactive ketones (excluding diaryl/α,β-unsaturated/α-hetero) is 1. The second-order valence-electron chi connectivity index (χ2n) is 5.01. The van der Waals surface area contributed by atoms with Gasteiger partial charge >= 0.3 is 0 Å². The average Bonchev–Trinajstić information content (AvgIpc) is 3.04. The van der Waals surface area contributed by atoms with E-state index in [1.165, 1.54) is 0 Å². The number of rotatable bonds is 1. The van der Waals surface area contributed by atoms with E-state index in [1.807, 2.05) is 12.4 Å². The van der Waals surface area contributed by atoms with Gasteiger partial charge in [0.1, 0.15) is 5.82 Å². The minimum Gasteiger partial charge on any atom is -0.339 e. The van der Waals surface area contributed by atoms with E-state index in [2.05, 4.69) is 19.4 Å². The summed E-state index contributed by atoms with van der Waals surface area (Å²) >= 11 is 1.56. The van der Waals surface area contributed by atoms with Crippen LogP contribution in [-0.2, 0) is 19.5 Å². The first-order valence-corrected chi connectivity index (χ1v) is 7.41. The lowest BCUT2D eigenvalue weighted by atomic mass is 10.0. The third-order valence-corrected chi connectivity index (χ3v) is 4.97. The Kier molecular flexibility index (Phi) is 2.44. The molecule has 2 aromatic rings. The second-order valence-corrected chi connectivity index (χ2v) is 5.98.